The van der Waals surface area contributed by atoms with E-state index in [1.807, 2.05) is 30.5 Å². The Morgan fingerprint density at radius 1 is 1.31 bits per heavy atom. The maximum Gasteiger partial charge on any atom is 0.260 e. The van der Waals surface area contributed by atoms with Crippen molar-refractivity contribution in [3.8, 4) is 5.75 Å². The summed E-state index contributed by atoms with van der Waals surface area (Å²) in [7, 11) is 0. The summed E-state index contributed by atoms with van der Waals surface area (Å²) in [5, 5.41) is 5.44. The van der Waals surface area contributed by atoms with Gasteiger partial charge >= 0.3 is 0 Å². The summed E-state index contributed by atoms with van der Waals surface area (Å²) in [5.41, 5.74) is 2.04. The van der Waals surface area contributed by atoms with Crippen molar-refractivity contribution in [2.45, 2.75) is 46.0 Å². The zero-order chi connectivity index (χ0) is 20.8. The molecule has 3 rings (SSSR count). The van der Waals surface area contributed by atoms with Gasteiger partial charge in [0.05, 0.1) is 5.69 Å². The maximum absolute atomic E-state index is 12.6. The number of benzene rings is 1. The topological polar surface area (TPSA) is 71.5 Å². The number of carbonyl (C=O) groups is 2. The first-order chi connectivity index (χ1) is 14.0. The van der Waals surface area contributed by atoms with Gasteiger partial charge in [0.15, 0.2) is 11.7 Å². The Balaban J connectivity index is 1.47. The highest BCUT2D eigenvalue weighted by Gasteiger charge is 2.28. The number of rotatable bonds is 7. The van der Waals surface area contributed by atoms with Crippen molar-refractivity contribution in [1.82, 2.24) is 9.88 Å². The van der Waals surface area contributed by atoms with Crippen LogP contribution in [-0.2, 0) is 9.59 Å². The lowest BCUT2D eigenvalue weighted by atomic mass is 9.96. The Hall–Kier alpha value is -2.41. The highest BCUT2D eigenvalue weighted by Crippen LogP contribution is 2.28. The molecular formula is C22H29N3O3S. The van der Waals surface area contributed by atoms with E-state index in [1.54, 1.807) is 4.90 Å². The smallest absolute Gasteiger partial charge is 0.260 e. The van der Waals surface area contributed by atoms with Crippen molar-refractivity contribution in [3.05, 3.63) is 40.9 Å². The van der Waals surface area contributed by atoms with Crippen LogP contribution in [0.1, 0.15) is 50.3 Å². The summed E-state index contributed by atoms with van der Waals surface area (Å²) in [6.07, 6.45) is 2.33. The standard InChI is InChI=1S/C22H29N3O3S/c1-4-15(2)18-7-5-6-8-19(18)28-13-20(26)25-11-9-17(10-12-25)21(27)24-22-23-16(3)14-29-22/h5-8,14-15,17H,4,9-13H2,1-3H3,(H,23,24,27). The highest BCUT2D eigenvalue weighted by atomic mass is 32.1. The number of amides is 2. The maximum atomic E-state index is 12.6. The predicted molar refractivity (Wildman–Crippen MR) is 115 cm³/mol. The number of likely N-dealkylation sites (tertiary alicyclic amines) is 1. The number of aryl methyl sites for hydroxylation is 1. The van der Waals surface area contributed by atoms with E-state index in [-0.39, 0.29) is 24.3 Å². The van der Waals surface area contributed by atoms with E-state index in [2.05, 4.69) is 30.2 Å². The number of para-hydroxylation sites is 1. The molecule has 29 heavy (non-hydrogen) atoms. The number of thiazole rings is 1. The first-order valence-electron chi connectivity index (χ1n) is 10.2. The minimum Gasteiger partial charge on any atom is -0.483 e. The van der Waals surface area contributed by atoms with Gasteiger partial charge in [-0.1, -0.05) is 32.0 Å². The molecule has 1 saturated heterocycles. The summed E-state index contributed by atoms with van der Waals surface area (Å²) in [4.78, 5) is 31.1. The molecule has 1 aromatic carbocycles. The van der Waals surface area contributed by atoms with Crippen LogP contribution in [0.25, 0.3) is 0 Å². The molecule has 1 unspecified atom stereocenters. The number of anilines is 1. The van der Waals surface area contributed by atoms with E-state index < -0.39 is 0 Å². The fourth-order valence-electron chi connectivity index (χ4n) is 3.48. The van der Waals surface area contributed by atoms with Crippen molar-refractivity contribution < 1.29 is 14.3 Å². The third-order valence-corrected chi connectivity index (χ3v) is 6.36. The quantitative estimate of drug-likeness (QED) is 0.735. The van der Waals surface area contributed by atoms with Crippen LogP contribution in [0.3, 0.4) is 0 Å². The van der Waals surface area contributed by atoms with Gasteiger partial charge in [0.2, 0.25) is 5.91 Å². The Bertz CT molecular complexity index is 843. The summed E-state index contributed by atoms with van der Waals surface area (Å²) < 4.78 is 5.85. The Morgan fingerprint density at radius 2 is 2.03 bits per heavy atom. The Morgan fingerprint density at radius 3 is 2.69 bits per heavy atom. The van der Waals surface area contributed by atoms with Gasteiger partial charge in [0, 0.05) is 24.4 Å². The minimum atomic E-state index is -0.0877. The molecule has 1 aromatic heterocycles. The number of nitrogens with zero attached hydrogens (tertiary/aromatic N) is 2. The zero-order valence-electron chi connectivity index (χ0n) is 17.3. The summed E-state index contributed by atoms with van der Waals surface area (Å²) in [5.74, 6) is 1.04. The van der Waals surface area contributed by atoms with Gasteiger partial charge in [0.25, 0.3) is 5.91 Å². The Labute approximate surface area is 176 Å². The first-order valence-corrected chi connectivity index (χ1v) is 11.1. The average Bonchev–Trinajstić information content (AvgIpc) is 3.16. The number of ether oxygens (including phenoxy) is 1. The van der Waals surface area contributed by atoms with Gasteiger partial charge in [0.1, 0.15) is 5.75 Å². The number of nitrogens with one attached hydrogen (secondary N) is 1. The van der Waals surface area contributed by atoms with Crippen LogP contribution in [0.15, 0.2) is 29.6 Å². The van der Waals surface area contributed by atoms with E-state index in [0.29, 0.717) is 37.0 Å². The van der Waals surface area contributed by atoms with Crippen LogP contribution in [0.4, 0.5) is 5.13 Å². The number of hydrogen-bond donors (Lipinski definition) is 1. The largest absolute Gasteiger partial charge is 0.483 e. The SMILES string of the molecule is CCC(C)c1ccccc1OCC(=O)N1CCC(C(=O)Nc2nc(C)cs2)CC1. The van der Waals surface area contributed by atoms with Crippen molar-refractivity contribution in [2.75, 3.05) is 25.0 Å². The molecule has 0 radical (unpaired) electrons. The van der Waals surface area contributed by atoms with Gasteiger partial charge in [-0.25, -0.2) is 4.98 Å². The molecule has 2 aromatic rings. The lowest BCUT2D eigenvalue weighted by Crippen LogP contribution is -2.43. The summed E-state index contributed by atoms with van der Waals surface area (Å²) in [6, 6.07) is 7.91. The van der Waals surface area contributed by atoms with Crippen LogP contribution < -0.4 is 10.1 Å². The number of carbonyl (C=O) groups excluding carboxylic acids is 2. The molecule has 1 aliphatic rings. The molecule has 0 spiro atoms. The molecule has 2 amide bonds. The zero-order valence-corrected chi connectivity index (χ0v) is 18.1. The van der Waals surface area contributed by atoms with Crippen molar-refractivity contribution in [1.29, 1.82) is 0 Å². The van der Waals surface area contributed by atoms with Gasteiger partial charge < -0.3 is 15.0 Å². The molecule has 1 aliphatic heterocycles. The molecule has 1 N–H and O–H groups in total. The molecule has 2 heterocycles. The number of hydrogen-bond acceptors (Lipinski definition) is 5. The third kappa shape index (κ3) is 5.56. The van der Waals surface area contributed by atoms with Crippen molar-refractivity contribution in [2.24, 2.45) is 5.92 Å². The lowest BCUT2D eigenvalue weighted by Gasteiger charge is -2.31. The van der Waals surface area contributed by atoms with Crippen LogP contribution in [0.2, 0.25) is 0 Å². The fourth-order valence-corrected chi connectivity index (χ4v) is 4.17. The molecular weight excluding hydrogens is 386 g/mol. The highest BCUT2D eigenvalue weighted by molar-refractivity contribution is 7.13. The normalized spacial score (nSPS) is 15.8. The van der Waals surface area contributed by atoms with Crippen molar-refractivity contribution >= 4 is 28.3 Å². The third-order valence-electron chi connectivity index (χ3n) is 5.48. The first kappa shape index (κ1) is 21.3. The molecule has 0 saturated carbocycles. The summed E-state index contributed by atoms with van der Waals surface area (Å²) >= 11 is 1.43. The van der Waals surface area contributed by atoms with Gasteiger partial charge in [-0.3, -0.25) is 9.59 Å². The fraction of sp³-hybridized carbons (Fsp3) is 0.500. The van der Waals surface area contributed by atoms with E-state index >= 15 is 0 Å². The second-order valence-electron chi connectivity index (χ2n) is 7.57. The van der Waals surface area contributed by atoms with E-state index in [9.17, 15) is 9.59 Å². The molecule has 1 fully saturated rings. The van der Waals surface area contributed by atoms with Gasteiger partial charge in [-0.05, 0) is 43.7 Å². The van der Waals surface area contributed by atoms with Crippen LogP contribution >= 0.6 is 11.3 Å². The Kier molecular flexibility index (Phi) is 7.25. The molecule has 156 valence electrons. The van der Waals surface area contributed by atoms with E-state index in [4.69, 9.17) is 4.74 Å². The second-order valence-corrected chi connectivity index (χ2v) is 8.43. The molecule has 0 aliphatic carbocycles. The second kappa shape index (κ2) is 9.87. The van der Waals surface area contributed by atoms with Crippen molar-refractivity contribution in [3.63, 3.8) is 0 Å². The number of piperidine rings is 1. The number of aromatic nitrogens is 1. The molecule has 0 bridgehead atoms. The predicted octanol–water partition coefficient (Wildman–Crippen LogP) is 4.22. The minimum absolute atomic E-state index is 0.00909. The van der Waals surface area contributed by atoms with Crippen LogP contribution in [0.5, 0.6) is 5.75 Å². The van der Waals surface area contributed by atoms with Crippen LogP contribution in [0, 0.1) is 12.8 Å². The molecule has 6 nitrogen and oxygen atoms in total. The monoisotopic (exact) mass is 415 g/mol. The summed E-state index contributed by atoms with van der Waals surface area (Å²) in [6.45, 7) is 7.38. The molecule has 7 heteroatoms. The van der Waals surface area contributed by atoms with E-state index in [0.717, 1.165) is 23.4 Å². The van der Waals surface area contributed by atoms with Crippen LogP contribution in [-0.4, -0.2) is 41.4 Å². The molecule has 1 atom stereocenters. The van der Waals surface area contributed by atoms with Gasteiger partial charge in [-0.15, -0.1) is 11.3 Å². The van der Waals surface area contributed by atoms with Gasteiger partial charge in [-0.2, -0.15) is 0 Å². The van der Waals surface area contributed by atoms with E-state index in [1.165, 1.54) is 11.3 Å². The lowest BCUT2D eigenvalue weighted by molar-refractivity contribution is -0.136. The average molecular weight is 416 g/mol.